The standard InChI is InChI=1S/C15H13FN4O2S/c1-2-12-11(7-17)14(22)20-15(19-12)23-8-13(21)18-10-5-3-9(16)4-6-10/h3-6H,2,8H2,1H3,(H,18,21)(H,19,20,22). The van der Waals surface area contributed by atoms with Gasteiger partial charge >= 0.3 is 0 Å². The summed E-state index contributed by atoms with van der Waals surface area (Å²) < 4.78 is 12.8. The van der Waals surface area contributed by atoms with Crippen molar-refractivity contribution in [2.24, 2.45) is 0 Å². The predicted octanol–water partition coefficient (Wildman–Crippen LogP) is 2.07. The Morgan fingerprint density at radius 1 is 1.43 bits per heavy atom. The first kappa shape index (κ1) is 16.7. The zero-order valence-corrected chi connectivity index (χ0v) is 13.0. The lowest BCUT2D eigenvalue weighted by molar-refractivity contribution is -0.113. The zero-order valence-electron chi connectivity index (χ0n) is 12.2. The monoisotopic (exact) mass is 332 g/mol. The van der Waals surface area contributed by atoms with Crippen molar-refractivity contribution < 1.29 is 9.18 Å². The Labute approximate surface area is 135 Å². The van der Waals surface area contributed by atoms with Gasteiger partial charge in [-0.15, -0.1) is 0 Å². The zero-order chi connectivity index (χ0) is 16.8. The molecule has 2 aromatic rings. The van der Waals surface area contributed by atoms with E-state index in [9.17, 15) is 14.0 Å². The molecule has 0 aliphatic carbocycles. The fourth-order valence-corrected chi connectivity index (χ4v) is 2.48. The van der Waals surface area contributed by atoms with Gasteiger partial charge in [0.2, 0.25) is 5.91 Å². The number of halogens is 1. The van der Waals surface area contributed by atoms with Crippen LogP contribution in [0.4, 0.5) is 10.1 Å². The highest BCUT2D eigenvalue weighted by Gasteiger charge is 2.11. The molecule has 2 rings (SSSR count). The minimum atomic E-state index is -0.513. The fourth-order valence-electron chi connectivity index (χ4n) is 1.80. The van der Waals surface area contributed by atoms with Gasteiger partial charge in [-0.1, -0.05) is 18.7 Å². The first-order valence-electron chi connectivity index (χ1n) is 6.75. The summed E-state index contributed by atoms with van der Waals surface area (Å²) in [5.74, 6) is -0.675. The highest BCUT2D eigenvalue weighted by atomic mass is 32.2. The van der Waals surface area contributed by atoms with Crippen molar-refractivity contribution in [2.45, 2.75) is 18.5 Å². The number of benzene rings is 1. The molecule has 1 aromatic heterocycles. The molecule has 0 aliphatic rings. The second kappa shape index (κ2) is 7.56. The van der Waals surface area contributed by atoms with E-state index in [0.717, 1.165) is 11.8 Å². The molecule has 0 saturated carbocycles. The van der Waals surface area contributed by atoms with Crippen LogP contribution in [-0.4, -0.2) is 21.6 Å². The van der Waals surface area contributed by atoms with Crippen LogP contribution in [0.1, 0.15) is 18.2 Å². The number of nitrogens with zero attached hydrogens (tertiary/aromatic N) is 2. The third-order valence-electron chi connectivity index (χ3n) is 2.89. The van der Waals surface area contributed by atoms with Gasteiger partial charge in [-0.3, -0.25) is 9.59 Å². The molecule has 0 atom stereocenters. The van der Waals surface area contributed by atoms with Crippen molar-refractivity contribution in [1.29, 1.82) is 5.26 Å². The summed E-state index contributed by atoms with van der Waals surface area (Å²) in [6.45, 7) is 1.79. The quantitative estimate of drug-likeness (QED) is 0.645. The van der Waals surface area contributed by atoms with Crippen molar-refractivity contribution in [3.8, 4) is 6.07 Å². The van der Waals surface area contributed by atoms with Crippen molar-refractivity contribution in [2.75, 3.05) is 11.1 Å². The SMILES string of the molecule is CCc1nc(SCC(=O)Nc2ccc(F)cc2)[nH]c(=O)c1C#N. The third kappa shape index (κ3) is 4.40. The molecule has 23 heavy (non-hydrogen) atoms. The molecule has 8 heteroatoms. The Balaban J connectivity index is 2.02. The summed E-state index contributed by atoms with van der Waals surface area (Å²) in [6.07, 6.45) is 0.447. The van der Waals surface area contributed by atoms with Gasteiger partial charge in [0.25, 0.3) is 5.56 Å². The minimum absolute atomic E-state index is 0.00684. The van der Waals surface area contributed by atoms with Crippen LogP contribution in [0.3, 0.4) is 0 Å². The number of anilines is 1. The summed E-state index contributed by atoms with van der Waals surface area (Å²) in [6, 6.07) is 7.22. The molecule has 2 N–H and O–H groups in total. The summed E-state index contributed by atoms with van der Waals surface area (Å²) in [7, 11) is 0. The Bertz CT molecular complexity index is 812. The number of rotatable bonds is 5. The van der Waals surface area contributed by atoms with E-state index in [1.165, 1.54) is 24.3 Å². The number of nitriles is 1. The maximum absolute atomic E-state index is 12.8. The van der Waals surface area contributed by atoms with Gasteiger partial charge in [-0.2, -0.15) is 5.26 Å². The van der Waals surface area contributed by atoms with Gasteiger partial charge in [-0.05, 0) is 30.7 Å². The smallest absolute Gasteiger partial charge is 0.269 e. The van der Waals surface area contributed by atoms with Gasteiger partial charge < -0.3 is 10.3 Å². The summed E-state index contributed by atoms with van der Waals surface area (Å²) in [5, 5.41) is 11.8. The topological polar surface area (TPSA) is 98.6 Å². The Kier molecular flexibility index (Phi) is 5.49. The van der Waals surface area contributed by atoms with Crippen LogP contribution in [0.2, 0.25) is 0 Å². The number of hydrogen-bond donors (Lipinski definition) is 2. The summed E-state index contributed by atoms with van der Waals surface area (Å²) >= 11 is 1.05. The van der Waals surface area contributed by atoms with Crippen LogP contribution in [0.15, 0.2) is 34.2 Å². The molecule has 0 spiro atoms. The fraction of sp³-hybridized carbons (Fsp3) is 0.200. The highest BCUT2D eigenvalue weighted by molar-refractivity contribution is 7.99. The highest BCUT2D eigenvalue weighted by Crippen LogP contribution is 2.14. The molecular formula is C15H13FN4O2S. The molecule has 1 amide bonds. The molecular weight excluding hydrogens is 319 g/mol. The molecule has 118 valence electrons. The van der Waals surface area contributed by atoms with E-state index in [1.54, 1.807) is 6.92 Å². The number of hydrogen-bond acceptors (Lipinski definition) is 5. The van der Waals surface area contributed by atoms with E-state index in [-0.39, 0.29) is 28.2 Å². The molecule has 0 aliphatic heterocycles. The molecule has 1 aromatic carbocycles. The molecule has 1 heterocycles. The number of aryl methyl sites for hydroxylation is 1. The second-order valence-corrected chi connectivity index (χ2v) is 5.47. The maximum atomic E-state index is 12.8. The summed E-state index contributed by atoms with van der Waals surface area (Å²) in [5.41, 5.74) is 0.360. The van der Waals surface area contributed by atoms with Crippen LogP contribution < -0.4 is 10.9 Å². The van der Waals surface area contributed by atoms with Crippen molar-refractivity contribution in [3.63, 3.8) is 0 Å². The van der Waals surface area contributed by atoms with E-state index in [0.29, 0.717) is 17.8 Å². The van der Waals surface area contributed by atoms with E-state index in [4.69, 9.17) is 5.26 Å². The predicted molar refractivity (Wildman–Crippen MR) is 84.7 cm³/mol. The number of aromatic nitrogens is 2. The van der Waals surface area contributed by atoms with Gasteiger partial charge in [0.1, 0.15) is 17.4 Å². The van der Waals surface area contributed by atoms with Crippen LogP contribution in [0.5, 0.6) is 0 Å². The van der Waals surface area contributed by atoms with Crippen molar-refractivity contribution in [3.05, 3.63) is 51.7 Å². The van der Waals surface area contributed by atoms with Crippen LogP contribution in [-0.2, 0) is 11.2 Å². The van der Waals surface area contributed by atoms with E-state index in [2.05, 4.69) is 15.3 Å². The normalized spacial score (nSPS) is 10.1. The van der Waals surface area contributed by atoms with Gasteiger partial charge in [0.15, 0.2) is 5.16 Å². The molecule has 0 radical (unpaired) electrons. The third-order valence-corrected chi connectivity index (χ3v) is 3.76. The largest absolute Gasteiger partial charge is 0.325 e. The van der Waals surface area contributed by atoms with E-state index in [1.807, 2.05) is 6.07 Å². The molecule has 0 unspecified atom stereocenters. The number of carbonyl (C=O) groups excluding carboxylic acids is 1. The molecule has 6 nitrogen and oxygen atoms in total. The number of aromatic amines is 1. The Morgan fingerprint density at radius 2 is 2.13 bits per heavy atom. The van der Waals surface area contributed by atoms with Crippen molar-refractivity contribution in [1.82, 2.24) is 9.97 Å². The average Bonchev–Trinajstić information content (AvgIpc) is 2.54. The molecule has 0 fully saturated rings. The lowest BCUT2D eigenvalue weighted by Crippen LogP contribution is -2.18. The second-order valence-electron chi connectivity index (χ2n) is 4.50. The number of carbonyl (C=O) groups is 1. The minimum Gasteiger partial charge on any atom is -0.325 e. The lowest BCUT2D eigenvalue weighted by atomic mass is 10.2. The van der Waals surface area contributed by atoms with Gasteiger partial charge in [-0.25, -0.2) is 9.37 Å². The van der Waals surface area contributed by atoms with Crippen LogP contribution in [0, 0.1) is 17.1 Å². The first-order valence-corrected chi connectivity index (χ1v) is 7.73. The van der Waals surface area contributed by atoms with E-state index < -0.39 is 5.56 Å². The number of thioether (sulfide) groups is 1. The number of nitrogens with one attached hydrogen (secondary N) is 2. The van der Waals surface area contributed by atoms with Crippen molar-refractivity contribution >= 4 is 23.4 Å². The maximum Gasteiger partial charge on any atom is 0.269 e. The number of amides is 1. The number of H-pyrrole nitrogens is 1. The molecule has 0 bridgehead atoms. The first-order chi connectivity index (χ1) is 11.0. The average molecular weight is 332 g/mol. The van der Waals surface area contributed by atoms with Gasteiger partial charge in [0, 0.05) is 5.69 Å². The summed E-state index contributed by atoms with van der Waals surface area (Å²) in [4.78, 5) is 30.2. The van der Waals surface area contributed by atoms with Crippen LogP contribution >= 0.6 is 11.8 Å². The lowest BCUT2D eigenvalue weighted by Gasteiger charge is -2.06. The van der Waals surface area contributed by atoms with E-state index >= 15 is 0 Å². The van der Waals surface area contributed by atoms with Crippen LogP contribution in [0.25, 0.3) is 0 Å². The Hall–Kier alpha value is -2.66. The molecule has 0 saturated heterocycles. The Morgan fingerprint density at radius 3 is 2.74 bits per heavy atom. The van der Waals surface area contributed by atoms with Gasteiger partial charge in [0.05, 0.1) is 11.4 Å².